The van der Waals surface area contributed by atoms with Gasteiger partial charge < -0.3 is 0 Å². The van der Waals surface area contributed by atoms with Crippen LogP contribution < -0.4 is 0 Å². The maximum atomic E-state index is 14.3. The summed E-state index contributed by atoms with van der Waals surface area (Å²) in [4.78, 5) is 0. The summed E-state index contributed by atoms with van der Waals surface area (Å²) in [6.45, 7) is 3.70. The molecular formula is C25H24F4. The van der Waals surface area contributed by atoms with Crippen LogP contribution in [0.2, 0.25) is 0 Å². The van der Waals surface area contributed by atoms with Crippen LogP contribution in [0, 0.1) is 23.3 Å². The van der Waals surface area contributed by atoms with Crippen LogP contribution in [0.15, 0.2) is 48.5 Å². The van der Waals surface area contributed by atoms with Crippen molar-refractivity contribution in [2.75, 3.05) is 0 Å². The second-order valence-corrected chi connectivity index (χ2v) is 7.21. The van der Waals surface area contributed by atoms with Crippen LogP contribution in [-0.4, -0.2) is 0 Å². The van der Waals surface area contributed by atoms with Gasteiger partial charge in [-0.25, -0.2) is 17.6 Å². The zero-order valence-electron chi connectivity index (χ0n) is 16.7. The van der Waals surface area contributed by atoms with E-state index in [0.717, 1.165) is 12.0 Å². The van der Waals surface area contributed by atoms with E-state index in [1.54, 1.807) is 55.5 Å². The third kappa shape index (κ3) is 4.52. The van der Waals surface area contributed by atoms with Crippen molar-refractivity contribution in [2.24, 2.45) is 0 Å². The van der Waals surface area contributed by atoms with Gasteiger partial charge in [0.1, 0.15) is 0 Å². The third-order valence-corrected chi connectivity index (χ3v) is 5.25. The molecule has 0 nitrogen and oxygen atoms in total. The lowest BCUT2D eigenvalue weighted by Gasteiger charge is -2.10. The predicted molar refractivity (Wildman–Crippen MR) is 109 cm³/mol. The van der Waals surface area contributed by atoms with Crippen molar-refractivity contribution in [1.82, 2.24) is 0 Å². The Morgan fingerprint density at radius 2 is 1.10 bits per heavy atom. The highest BCUT2D eigenvalue weighted by atomic mass is 19.2. The van der Waals surface area contributed by atoms with Gasteiger partial charge in [-0.15, -0.1) is 0 Å². The van der Waals surface area contributed by atoms with Crippen molar-refractivity contribution in [3.05, 3.63) is 94.1 Å². The maximum absolute atomic E-state index is 14.3. The number of hydrogen-bond acceptors (Lipinski definition) is 0. The largest absolute Gasteiger partial charge is 0.203 e. The van der Waals surface area contributed by atoms with Crippen molar-refractivity contribution >= 4 is 0 Å². The average Bonchev–Trinajstić information content (AvgIpc) is 2.73. The van der Waals surface area contributed by atoms with Crippen LogP contribution in [0.5, 0.6) is 0 Å². The fraction of sp³-hybridized carbons (Fsp3) is 0.280. The Bertz CT molecular complexity index is 991. The fourth-order valence-corrected chi connectivity index (χ4v) is 3.50. The first kappa shape index (κ1) is 21.1. The fourth-order valence-electron chi connectivity index (χ4n) is 3.50. The summed E-state index contributed by atoms with van der Waals surface area (Å²) in [6.07, 6.45) is 2.59. The molecule has 0 spiro atoms. The van der Waals surface area contributed by atoms with Gasteiger partial charge in [-0.1, -0.05) is 68.8 Å². The van der Waals surface area contributed by atoms with Crippen LogP contribution in [-0.2, 0) is 25.7 Å². The maximum Gasteiger partial charge on any atom is 0.166 e. The Morgan fingerprint density at radius 3 is 1.69 bits per heavy atom. The molecule has 0 unspecified atom stereocenters. The molecule has 0 aliphatic heterocycles. The first-order valence-electron chi connectivity index (χ1n) is 9.98. The van der Waals surface area contributed by atoms with Gasteiger partial charge in [-0.2, -0.15) is 0 Å². The molecule has 0 aromatic heterocycles. The SMILES string of the molecule is CCCc1ccc(CCc2ccc(-c3ccc(CC)c(F)c3F)cc2)c(F)c1F. The Kier molecular flexibility index (Phi) is 6.73. The van der Waals surface area contributed by atoms with Crippen molar-refractivity contribution in [3.63, 3.8) is 0 Å². The van der Waals surface area contributed by atoms with Gasteiger partial charge in [0.05, 0.1) is 0 Å². The van der Waals surface area contributed by atoms with Gasteiger partial charge in [0.25, 0.3) is 0 Å². The molecule has 0 atom stereocenters. The Hall–Kier alpha value is -2.62. The Labute approximate surface area is 169 Å². The molecule has 0 radical (unpaired) electrons. The van der Waals surface area contributed by atoms with E-state index < -0.39 is 23.3 Å². The summed E-state index contributed by atoms with van der Waals surface area (Å²) >= 11 is 0. The zero-order chi connectivity index (χ0) is 21.0. The van der Waals surface area contributed by atoms with E-state index in [1.165, 1.54) is 0 Å². The second-order valence-electron chi connectivity index (χ2n) is 7.21. The third-order valence-electron chi connectivity index (χ3n) is 5.25. The van der Waals surface area contributed by atoms with Crippen LogP contribution in [0.1, 0.15) is 42.5 Å². The minimum atomic E-state index is -0.846. The summed E-state index contributed by atoms with van der Waals surface area (Å²) in [5, 5.41) is 0. The molecule has 0 fully saturated rings. The summed E-state index contributed by atoms with van der Waals surface area (Å²) in [6, 6.07) is 13.5. The lowest BCUT2D eigenvalue weighted by atomic mass is 9.97. The van der Waals surface area contributed by atoms with E-state index >= 15 is 0 Å². The summed E-state index contributed by atoms with van der Waals surface area (Å²) in [5.74, 6) is -3.19. The van der Waals surface area contributed by atoms with Crippen LogP contribution in [0.25, 0.3) is 11.1 Å². The zero-order valence-corrected chi connectivity index (χ0v) is 16.7. The smallest absolute Gasteiger partial charge is 0.166 e. The highest BCUT2D eigenvalue weighted by Gasteiger charge is 2.15. The van der Waals surface area contributed by atoms with Crippen LogP contribution >= 0.6 is 0 Å². The molecule has 0 aliphatic rings. The lowest BCUT2D eigenvalue weighted by Crippen LogP contribution is -2.01. The van der Waals surface area contributed by atoms with Gasteiger partial charge in [0.15, 0.2) is 23.3 Å². The monoisotopic (exact) mass is 400 g/mol. The molecule has 0 amide bonds. The summed E-state index contributed by atoms with van der Waals surface area (Å²) < 4.78 is 56.7. The molecular weight excluding hydrogens is 376 g/mol. The van der Waals surface area contributed by atoms with Crippen LogP contribution in [0.4, 0.5) is 17.6 Å². The molecule has 0 saturated heterocycles. The average molecular weight is 400 g/mol. The molecule has 0 N–H and O–H groups in total. The Balaban J connectivity index is 1.74. The Morgan fingerprint density at radius 1 is 0.552 bits per heavy atom. The van der Waals surface area contributed by atoms with E-state index in [1.807, 2.05) is 6.92 Å². The normalized spacial score (nSPS) is 11.1. The van der Waals surface area contributed by atoms with Crippen molar-refractivity contribution in [3.8, 4) is 11.1 Å². The van der Waals surface area contributed by atoms with Gasteiger partial charge in [0, 0.05) is 5.56 Å². The first-order chi connectivity index (χ1) is 14.0. The quantitative estimate of drug-likeness (QED) is 0.368. The molecule has 0 heterocycles. The summed E-state index contributed by atoms with van der Waals surface area (Å²) in [7, 11) is 0. The lowest BCUT2D eigenvalue weighted by molar-refractivity contribution is 0.488. The molecule has 0 saturated carbocycles. The minimum absolute atomic E-state index is 0.214. The second kappa shape index (κ2) is 9.25. The molecule has 152 valence electrons. The molecule has 3 rings (SSSR count). The standard InChI is InChI=1S/C25H24F4/c1-3-5-19-12-13-20(24(28)23(19)27)11-8-16-6-9-18(10-7-16)21-15-14-17(4-2)22(26)25(21)29/h6-7,9-10,12-15H,3-5,8,11H2,1-2H3. The van der Waals surface area contributed by atoms with E-state index in [4.69, 9.17) is 0 Å². The van der Waals surface area contributed by atoms with E-state index in [9.17, 15) is 17.6 Å². The van der Waals surface area contributed by atoms with Gasteiger partial charge in [-0.3, -0.25) is 0 Å². The number of benzene rings is 3. The molecule has 3 aromatic rings. The van der Waals surface area contributed by atoms with Crippen molar-refractivity contribution in [2.45, 2.75) is 46.0 Å². The number of halogens is 4. The number of hydrogen-bond donors (Lipinski definition) is 0. The molecule has 0 bridgehead atoms. The highest BCUT2D eigenvalue weighted by Crippen LogP contribution is 2.27. The number of rotatable bonds is 7. The topological polar surface area (TPSA) is 0 Å². The molecule has 0 aliphatic carbocycles. The van der Waals surface area contributed by atoms with E-state index in [2.05, 4.69) is 0 Å². The molecule has 29 heavy (non-hydrogen) atoms. The van der Waals surface area contributed by atoms with Crippen LogP contribution in [0.3, 0.4) is 0 Å². The van der Waals surface area contributed by atoms with Crippen molar-refractivity contribution < 1.29 is 17.6 Å². The first-order valence-corrected chi connectivity index (χ1v) is 9.98. The highest BCUT2D eigenvalue weighted by molar-refractivity contribution is 5.65. The predicted octanol–water partition coefficient (Wildman–Crippen LogP) is 7.21. The number of aryl methyl sites for hydroxylation is 4. The minimum Gasteiger partial charge on any atom is -0.203 e. The van der Waals surface area contributed by atoms with Crippen molar-refractivity contribution in [1.29, 1.82) is 0 Å². The van der Waals surface area contributed by atoms with E-state index in [-0.39, 0.29) is 5.56 Å². The summed E-state index contributed by atoms with van der Waals surface area (Å²) in [5.41, 5.74) is 2.80. The molecule has 4 heteroatoms. The van der Waals surface area contributed by atoms with Gasteiger partial charge in [0.2, 0.25) is 0 Å². The molecule has 3 aromatic carbocycles. The van der Waals surface area contributed by atoms with E-state index in [0.29, 0.717) is 47.9 Å². The van der Waals surface area contributed by atoms with Gasteiger partial charge in [-0.05, 0) is 53.5 Å². The van der Waals surface area contributed by atoms with Gasteiger partial charge >= 0.3 is 0 Å².